The first-order valence-corrected chi connectivity index (χ1v) is 6.67. The SMILES string of the molecule is O=C(NCC1CCCO1)c1cc2sccc2[nH]1. The Morgan fingerprint density at radius 1 is 1.65 bits per heavy atom. The Bertz CT molecular complexity index is 497. The molecular formula is C12H14N2O2S. The number of nitrogens with one attached hydrogen (secondary N) is 2. The molecule has 2 aromatic heterocycles. The van der Waals surface area contributed by atoms with Gasteiger partial charge in [0.05, 0.1) is 16.3 Å². The summed E-state index contributed by atoms with van der Waals surface area (Å²) in [7, 11) is 0. The second-order valence-corrected chi connectivity index (χ2v) is 5.17. The van der Waals surface area contributed by atoms with Crippen molar-refractivity contribution < 1.29 is 9.53 Å². The number of carbonyl (C=O) groups excluding carboxylic acids is 1. The number of aromatic nitrogens is 1. The Labute approximate surface area is 103 Å². The van der Waals surface area contributed by atoms with Gasteiger partial charge in [-0.05, 0) is 30.4 Å². The molecule has 90 valence electrons. The lowest BCUT2D eigenvalue weighted by Crippen LogP contribution is -2.31. The highest BCUT2D eigenvalue weighted by molar-refractivity contribution is 7.17. The van der Waals surface area contributed by atoms with Crippen LogP contribution < -0.4 is 5.32 Å². The summed E-state index contributed by atoms with van der Waals surface area (Å²) in [6.45, 7) is 1.42. The van der Waals surface area contributed by atoms with Crippen LogP contribution in [0, 0.1) is 0 Å². The molecule has 1 saturated heterocycles. The lowest BCUT2D eigenvalue weighted by molar-refractivity contribution is 0.0854. The van der Waals surface area contributed by atoms with Gasteiger partial charge in [0.1, 0.15) is 5.69 Å². The van der Waals surface area contributed by atoms with Crippen LogP contribution in [0.5, 0.6) is 0 Å². The zero-order valence-corrected chi connectivity index (χ0v) is 10.2. The first-order valence-electron chi connectivity index (χ1n) is 5.79. The third-order valence-corrected chi connectivity index (χ3v) is 3.86. The first-order chi connectivity index (χ1) is 8.33. The maximum atomic E-state index is 11.9. The van der Waals surface area contributed by atoms with Crippen LogP contribution in [-0.2, 0) is 4.74 Å². The maximum Gasteiger partial charge on any atom is 0.267 e. The Hall–Kier alpha value is -1.33. The summed E-state index contributed by atoms with van der Waals surface area (Å²) in [6, 6.07) is 3.88. The number of thiophene rings is 1. The van der Waals surface area contributed by atoms with E-state index in [1.165, 1.54) is 0 Å². The molecular weight excluding hydrogens is 236 g/mol. The summed E-state index contributed by atoms with van der Waals surface area (Å²) in [4.78, 5) is 15.0. The molecule has 0 bridgehead atoms. The Kier molecular flexibility index (Phi) is 2.86. The maximum absolute atomic E-state index is 11.9. The smallest absolute Gasteiger partial charge is 0.267 e. The molecule has 1 atom stereocenters. The molecule has 0 saturated carbocycles. The van der Waals surface area contributed by atoms with Crippen LogP contribution in [-0.4, -0.2) is 30.1 Å². The summed E-state index contributed by atoms with van der Waals surface area (Å²) < 4.78 is 6.58. The van der Waals surface area contributed by atoms with E-state index in [1.807, 2.05) is 17.5 Å². The number of hydrogen-bond acceptors (Lipinski definition) is 3. The van der Waals surface area contributed by atoms with Gasteiger partial charge < -0.3 is 15.0 Å². The van der Waals surface area contributed by atoms with Gasteiger partial charge in [0.15, 0.2) is 0 Å². The van der Waals surface area contributed by atoms with Crippen molar-refractivity contribution in [2.45, 2.75) is 18.9 Å². The minimum Gasteiger partial charge on any atom is -0.376 e. The van der Waals surface area contributed by atoms with E-state index < -0.39 is 0 Å². The molecule has 0 spiro atoms. The van der Waals surface area contributed by atoms with Crippen LogP contribution in [0.2, 0.25) is 0 Å². The van der Waals surface area contributed by atoms with Crippen LogP contribution >= 0.6 is 11.3 Å². The normalized spacial score (nSPS) is 19.9. The predicted molar refractivity (Wildman–Crippen MR) is 67.5 cm³/mol. The highest BCUT2D eigenvalue weighted by Crippen LogP contribution is 2.21. The van der Waals surface area contributed by atoms with Crippen LogP contribution in [0.25, 0.3) is 10.2 Å². The number of rotatable bonds is 3. The summed E-state index contributed by atoms with van der Waals surface area (Å²) in [5, 5.41) is 4.91. The van der Waals surface area contributed by atoms with Gasteiger partial charge in [-0.1, -0.05) is 0 Å². The quantitative estimate of drug-likeness (QED) is 0.877. The number of H-pyrrole nitrogens is 1. The molecule has 1 amide bonds. The molecule has 0 radical (unpaired) electrons. The van der Waals surface area contributed by atoms with Gasteiger partial charge in [0.2, 0.25) is 0 Å². The van der Waals surface area contributed by atoms with E-state index in [1.54, 1.807) is 11.3 Å². The summed E-state index contributed by atoms with van der Waals surface area (Å²) in [5.41, 5.74) is 1.65. The molecule has 1 aliphatic heterocycles. The lowest BCUT2D eigenvalue weighted by atomic mass is 10.2. The molecule has 0 aromatic carbocycles. The third kappa shape index (κ3) is 2.21. The van der Waals surface area contributed by atoms with E-state index in [2.05, 4.69) is 10.3 Å². The molecule has 5 heteroatoms. The summed E-state index contributed by atoms with van der Waals surface area (Å²) in [6.07, 6.45) is 2.33. The number of hydrogen-bond donors (Lipinski definition) is 2. The molecule has 1 aliphatic rings. The molecule has 2 N–H and O–H groups in total. The van der Waals surface area contributed by atoms with Crippen molar-refractivity contribution in [1.82, 2.24) is 10.3 Å². The number of amides is 1. The summed E-state index contributed by atoms with van der Waals surface area (Å²) in [5.74, 6) is -0.0519. The molecule has 4 nitrogen and oxygen atoms in total. The zero-order chi connectivity index (χ0) is 11.7. The van der Waals surface area contributed by atoms with Crippen molar-refractivity contribution in [1.29, 1.82) is 0 Å². The van der Waals surface area contributed by atoms with Gasteiger partial charge in [-0.25, -0.2) is 0 Å². The van der Waals surface area contributed by atoms with Gasteiger partial charge in [0, 0.05) is 13.2 Å². The fourth-order valence-corrected chi connectivity index (χ4v) is 2.86. The van der Waals surface area contributed by atoms with E-state index in [-0.39, 0.29) is 12.0 Å². The van der Waals surface area contributed by atoms with Crippen molar-refractivity contribution in [3.63, 3.8) is 0 Å². The molecule has 3 rings (SSSR count). The highest BCUT2D eigenvalue weighted by atomic mass is 32.1. The van der Waals surface area contributed by atoms with Crippen LogP contribution in [0.3, 0.4) is 0 Å². The largest absolute Gasteiger partial charge is 0.376 e. The average Bonchev–Trinajstić information content (AvgIpc) is 3.01. The fourth-order valence-electron chi connectivity index (χ4n) is 2.08. The number of carbonyl (C=O) groups is 1. The van der Waals surface area contributed by atoms with E-state index in [0.29, 0.717) is 12.2 Å². The fraction of sp³-hybridized carbons (Fsp3) is 0.417. The standard InChI is InChI=1S/C12H14N2O2S/c15-12(13-7-8-2-1-4-16-8)10-6-11-9(14-10)3-5-17-11/h3,5-6,8,14H,1-2,4,7H2,(H,13,15). The van der Waals surface area contributed by atoms with Gasteiger partial charge in [-0.2, -0.15) is 0 Å². The summed E-state index contributed by atoms with van der Waals surface area (Å²) >= 11 is 1.63. The van der Waals surface area contributed by atoms with Crippen molar-refractivity contribution in [2.24, 2.45) is 0 Å². The lowest BCUT2D eigenvalue weighted by Gasteiger charge is -2.09. The number of fused-ring (bicyclic) bond motifs is 1. The average molecular weight is 250 g/mol. The van der Waals surface area contributed by atoms with Gasteiger partial charge in [-0.3, -0.25) is 4.79 Å². The van der Waals surface area contributed by atoms with Crippen molar-refractivity contribution in [3.05, 3.63) is 23.2 Å². The van der Waals surface area contributed by atoms with Crippen LogP contribution in [0.1, 0.15) is 23.3 Å². The highest BCUT2D eigenvalue weighted by Gasteiger charge is 2.17. The van der Waals surface area contributed by atoms with Crippen LogP contribution in [0.4, 0.5) is 0 Å². The second kappa shape index (κ2) is 4.50. The molecule has 1 fully saturated rings. The minimum atomic E-state index is -0.0519. The monoisotopic (exact) mass is 250 g/mol. The van der Waals surface area contributed by atoms with E-state index in [4.69, 9.17) is 4.74 Å². The zero-order valence-electron chi connectivity index (χ0n) is 9.36. The Morgan fingerprint density at radius 2 is 2.59 bits per heavy atom. The topological polar surface area (TPSA) is 54.1 Å². The van der Waals surface area contributed by atoms with Gasteiger partial charge in [-0.15, -0.1) is 11.3 Å². The molecule has 1 unspecified atom stereocenters. The predicted octanol–water partition coefficient (Wildman–Crippen LogP) is 2.14. The van der Waals surface area contributed by atoms with Gasteiger partial charge >= 0.3 is 0 Å². The van der Waals surface area contributed by atoms with Crippen LogP contribution in [0.15, 0.2) is 17.5 Å². The number of aromatic amines is 1. The van der Waals surface area contributed by atoms with E-state index in [0.717, 1.165) is 29.7 Å². The Balaban J connectivity index is 1.63. The molecule has 0 aliphatic carbocycles. The van der Waals surface area contributed by atoms with E-state index >= 15 is 0 Å². The third-order valence-electron chi connectivity index (χ3n) is 3.00. The Morgan fingerprint density at radius 3 is 3.35 bits per heavy atom. The van der Waals surface area contributed by atoms with Crippen molar-refractivity contribution in [3.8, 4) is 0 Å². The number of ether oxygens (including phenoxy) is 1. The molecule has 2 aromatic rings. The van der Waals surface area contributed by atoms with Crippen molar-refractivity contribution in [2.75, 3.05) is 13.2 Å². The van der Waals surface area contributed by atoms with Gasteiger partial charge in [0.25, 0.3) is 5.91 Å². The minimum absolute atomic E-state index is 0.0519. The van der Waals surface area contributed by atoms with E-state index in [9.17, 15) is 4.79 Å². The van der Waals surface area contributed by atoms with Crippen molar-refractivity contribution >= 4 is 27.5 Å². The molecule has 17 heavy (non-hydrogen) atoms. The first kappa shape index (κ1) is 10.8. The second-order valence-electron chi connectivity index (χ2n) is 4.23. The molecule has 3 heterocycles.